The van der Waals surface area contributed by atoms with Crippen molar-refractivity contribution in [3.63, 3.8) is 0 Å². The maximum Gasteiger partial charge on any atom is 0.241 e. The molecule has 4 heteroatoms. The molecule has 2 aromatic rings. The van der Waals surface area contributed by atoms with Crippen molar-refractivity contribution in [1.82, 2.24) is 0 Å². The zero-order valence-corrected chi connectivity index (χ0v) is 16.0. The summed E-state index contributed by atoms with van der Waals surface area (Å²) in [5, 5.41) is 0.0436. The molecule has 0 unspecified atom stereocenters. The number of nitrogens with zero attached hydrogens (tertiary/aromatic N) is 1. The fraction of sp³-hybridized carbons (Fsp3) is 0.409. The minimum absolute atomic E-state index is 0.0405. The van der Waals surface area contributed by atoms with Crippen LogP contribution in [0.4, 0.5) is 5.69 Å². The van der Waals surface area contributed by atoms with Gasteiger partial charge in [-0.25, -0.2) is 0 Å². The molecule has 2 aromatic carbocycles. The molecule has 26 heavy (non-hydrogen) atoms. The van der Waals surface area contributed by atoms with Crippen LogP contribution in [0.3, 0.4) is 0 Å². The number of carbonyl (C=O) groups excluding carboxylic acids is 1. The van der Waals surface area contributed by atoms with Gasteiger partial charge in [-0.3, -0.25) is 9.69 Å². The first-order valence-electron chi connectivity index (χ1n) is 9.47. The largest absolute Gasteiger partial charge is 0.489 e. The van der Waals surface area contributed by atoms with E-state index in [0.717, 1.165) is 29.8 Å². The number of thioether (sulfide) groups is 1. The van der Waals surface area contributed by atoms with Crippen molar-refractivity contribution < 1.29 is 9.53 Å². The highest BCUT2D eigenvalue weighted by Gasteiger charge is 2.50. The fourth-order valence-corrected chi connectivity index (χ4v) is 5.74. The summed E-state index contributed by atoms with van der Waals surface area (Å²) in [6, 6.07) is 18.2. The first-order valence-corrected chi connectivity index (χ1v) is 10.3. The number of ether oxygens (including phenoxy) is 1. The van der Waals surface area contributed by atoms with E-state index in [2.05, 4.69) is 17.0 Å². The van der Waals surface area contributed by atoms with Gasteiger partial charge in [0.1, 0.15) is 12.4 Å². The molecule has 2 aliphatic rings. The number of rotatable bonds is 4. The summed E-state index contributed by atoms with van der Waals surface area (Å²) in [4.78, 5) is 14.9. The van der Waals surface area contributed by atoms with Crippen LogP contribution in [0.1, 0.15) is 44.6 Å². The van der Waals surface area contributed by atoms with Crippen molar-refractivity contribution in [2.45, 2.75) is 55.8 Å². The SMILES string of the molecule is C[C@@H]1SC2(CCCCC2)N(c2ccc(OCc3ccccc3)cc2)C1=O. The Bertz CT molecular complexity index is 753. The zero-order chi connectivity index (χ0) is 18.0. The van der Waals surface area contributed by atoms with Crippen LogP contribution >= 0.6 is 11.8 Å². The van der Waals surface area contributed by atoms with Crippen LogP contribution in [-0.4, -0.2) is 16.0 Å². The van der Waals surface area contributed by atoms with Crippen LogP contribution in [0.2, 0.25) is 0 Å². The van der Waals surface area contributed by atoms with E-state index in [4.69, 9.17) is 4.74 Å². The Balaban J connectivity index is 1.51. The minimum atomic E-state index is -0.0405. The van der Waals surface area contributed by atoms with Crippen LogP contribution in [-0.2, 0) is 11.4 Å². The van der Waals surface area contributed by atoms with Gasteiger partial charge in [0.2, 0.25) is 5.91 Å². The van der Waals surface area contributed by atoms with Crippen LogP contribution in [0, 0.1) is 0 Å². The molecule has 1 amide bonds. The lowest BCUT2D eigenvalue weighted by Crippen LogP contribution is -2.46. The van der Waals surface area contributed by atoms with E-state index in [1.807, 2.05) is 61.2 Å². The average molecular weight is 368 g/mol. The lowest BCUT2D eigenvalue weighted by molar-refractivity contribution is -0.117. The molecule has 1 heterocycles. The van der Waals surface area contributed by atoms with Crippen molar-refractivity contribution in [2.75, 3.05) is 4.90 Å². The molecule has 1 saturated carbocycles. The van der Waals surface area contributed by atoms with Gasteiger partial charge < -0.3 is 4.74 Å². The molecule has 0 bridgehead atoms. The second kappa shape index (κ2) is 7.36. The van der Waals surface area contributed by atoms with Gasteiger partial charge in [-0.2, -0.15) is 0 Å². The summed E-state index contributed by atoms with van der Waals surface area (Å²) in [6.07, 6.45) is 5.90. The standard InChI is InChI=1S/C22H25NO2S/c1-17-21(24)23(22(26-17)14-6-3-7-15-22)19-10-12-20(13-11-19)25-16-18-8-4-2-5-9-18/h2,4-5,8-13,17H,3,6-7,14-16H2,1H3/t17-/m0/s1. The summed E-state index contributed by atoms with van der Waals surface area (Å²) < 4.78 is 5.89. The Morgan fingerprint density at radius 2 is 1.73 bits per heavy atom. The van der Waals surface area contributed by atoms with E-state index < -0.39 is 0 Å². The second-order valence-electron chi connectivity index (χ2n) is 7.21. The number of benzene rings is 2. The quantitative estimate of drug-likeness (QED) is 0.725. The zero-order valence-electron chi connectivity index (χ0n) is 15.2. The summed E-state index contributed by atoms with van der Waals surface area (Å²) in [6.45, 7) is 2.60. The first kappa shape index (κ1) is 17.5. The molecular weight excluding hydrogens is 342 g/mol. The second-order valence-corrected chi connectivity index (χ2v) is 8.91. The van der Waals surface area contributed by atoms with Gasteiger partial charge in [0.15, 0.2) is 0 Å². The molecule has 136 valence electrons. The first-order chi connectivity index (χ1) is 12.7. The smallest absolute Gasteiger partial charge is 0.241 e. The molecule has 4 rings (SSSR count). The Morgan fingerprint density at radius 1 is 1.04 bits per heavy atom. The number of carbonyl (C=O) groups is 1. The van der Waals surface area contributed by atoms with Crippen LogP contribution < -0.4 is 9.64 Å². The normalized spacial score (nSPS) is 22.0. The average Bonchev–Trinajstić information content (AvgIpc) is 2.91. The molecule has 0 aromatic heterocycles. The molecule has 1 aliphatic heterocycles. The molecule has 1 aliphatic carbocycles. The molecule has 1 spiro atoms. The maximum absolute atomic E-state index is 12.8. The van der Waals surface area contributed by atoms with Crippen molar-refractivity contribution in [3.8, 4) is 5.75 Å². The van der Waals surface area contributed by atoms with Crippen LogP contribution in [0.25, 0.3) is 0 Å². The van der Waals surface area contributed by atoms with Gasteiger partial charge >= 0.3 is 0 Å². The minimum Gasteiger partial charge on any atom is -0.489 e. The third-order valence-electron chi connectivity index (χ3n) is 5.35. The van der Waals surface area contributed by atoms with Crippen molar-refractivity contribution in [2.24, 2.45) is 0 Å². The van der Waals surface area contributed by atoms with Crippen molar-refractivity contribution in [3.05, 3.63) is 60.2 Å². The molecule has 3 nitrogen and oxygen atoms in total. The highest BCUT2D eigenvalue weighted by Crippen LogP contribution is 2.51. The van der Waals surface area contributed by atoms with Crippen molar-refractivity contribution in [1.29, 1.82) is 0 Å². The monoisotopic (exact) mass is 367 g/mol. The van der Waals surface area contributed by atoms with E-state index in [-0.39, 0.29) is 16.0 Å². The number of hydrogen-bond donors (Lipinski definition) is 0. The molecule has 1 atom stereocenters. The topological polar surface area (TPSA) is 29.5 Å². The van der Waals surface area contributed by atoms with E-state index in [9.17, 15) is 4.79 Å². The Hall–Kier alpha value is -1.94. The molecule has 1 saturated heterocycles. The lowest BCUT2D eigenvalue weighted by Gasteiger charge is -2.40. The number of hydrogen-bond acceptors (Lipinski definition) is 3. The third kappa shape index (κ3) is 3.35. The Labute approximate surface area is 159 Å². The fourth-order valence-electron chi connectivity index (χ4n) is 4.06. The highest BCUT2D eigenvalue weighted by atomic mass is 32.2. The van der Waals surface area contributed by atoms with E-state index in [1.54, 1.807) is 0 Å². The molecule has 0 N–H and O–H groups in total. The summed E-state index contributed by atoms with van der Waals surface area (Å²) >= 11 is 1.86. The Morgan fingerprint density at radius 3 is 2.42 bits per heavy atom. The van der Waals surface area contributed by atoms with Gasteiger partial charge in [-0.05, 0) is 49.6 Å². The number of amides is 1. The van der Waals surface area contributed by atoms with Gasteiger partial charge in [0.05, 0.1) is 10.1 Å². The van der Waals surface area contributed by atoms with Gasteiger partial charge in [-0.15, -0.1) is 11.8 Å². The van der Waals surface area contributed by atoms with Gasteiger partial charge in [-0.1, -0.05) is 49.6 Å². The predicted molar refractivity (Wildman–Crippen MR) is 108 cm³/mol. The maximum atomic E-state index is 12.8. The van der Waals surface area contributed by atoms with Crippen LogP contribution in [0.15, 0.2) is 54.6 Å². The number of anilines is 1. The van der Waals surface area contributed by atoms with Crippen LogP contribution in [0.5, 0.6) is 5.75 Å². The van der Waals surface area contributed by atoms with E-state index >= 15 is 0 Å². The predicted octanol–water partition coefficient (Wildman–Crippen LogP) is 5.39. The van der Waals surface area contributed by atoms with E-state index in [1.165, 1.54) is 19.3 Å². The van der Waals surface area contributed by atoms with Gasteiger partial charge in [0.25, 0.3) is 0 Å². The van der Waals surface area contributed by atoms with E-state index in [0.29, 0.717) is 6.61 Å². The molecular formula is C22H25NO2S. The summed E-state index contributed by atoms with van der Waals surface area (Å²) in [5.74, 6) is 1.08. The molecule has 0 radical (unpaired) electrons. The Kier molecular flexibility index (Phi) is 4.94. The lowest BCUT2D eigenvalue weighted by atomic mass is 9.93. The summed E-state index contributed by atoms with van der Waals surface area (Å²) in [5.41, 5.74) is 2.15. The van der Waals surface area contributed by atoms with Gasteiger partial charge in [0, 0.05) is 5.69 Å². The summed E-state index contributed by atoms with van der Waals surface area (Å²) in [7, 11) is 0. The van der Waals surface area contributed by atoms with Crippen molar-refractivity contribution >= 4 is 23.4 Å². The highest BCUT2D eigenvalue weighted by molar-refractivity contribution is 8.02. The molecule has 2 fully saturated rings. The third-order valence-corrected chi connectivity index (χ3v) is 6.93.